The maximum atomic E-state index is 14.7. The highest BCUT2D eigenvalue weighted by molar-refractivity contribution is 6.12. The number of rotatable bonds is 3. The van der Waals surface area contributed by atoms with Gasteiger partial charge in [-0.2, -0.15) is 57.9 Å². The Morgan fingerprint density at radius 2 is 0.833 bits per heavy atom. The molecule has 14 heteroatoms. The molecule has 2 aromatic heterocycles. The minimum Gasteiger partial charge on any atom is -0.307 e. The highest BCUT2D eigenvalue weighted by atomic mass is 19.4. The lowest BCUT2D eigenvalue weighted by Gasteiger charge is -2.21. The van der Waals surface area contributed by atoms with Gasteiger partial charge in [-0.25, -0.2) is 0 Å². The fraction of sp³-hybridized carbons (Fsp3) is 0.0435. The third-order valence-electron chi connectivity index (χ3n) is 9.80. The van der Waals surface area contributed by atoms with Gasteiger partial charge in [-0.05, 0) is 78.4 Å². The van der Waals surface area contributed by atoms with Crippen LogP contribution in [0, 0.1) is 68.0 Å². The monoisotopic (exact) mass is 798 g/mol. The van der Waals surface area contributed by atoms with E-state index in [1.165, 1.54) is 18.2 Å². The van der Waals surface area contributed by atoms with Crippen molar-refractivity contribution in [3.05, 3.63) is 155 Å². The number of aromatic nitrogens is 2. The van der Waals surface area contributed by atoms with E-state index in [-0.39, 0.29) is 50.8 Å². The zero-order chi connectivity index (χ0) is 43.1. The fourth-order valence-electron chi connectivity index (χ4n) is 7.27. The van der Waals surface area contributed by atoms with E-state index in [0.29, 0.717) is 55.7 Å². The molecule has 0 bridgehead atoms. The highest BCUT2D eigenvalue weighted by Crippen LogP contribution is 2.45. The van der Waals surface area contributed by atoms with Crippen molar-refractivity contribution in [2.75, 3.05) is 0 Å². The second kappa shape index (κ2) is 14.9. The lowest BCUT2D eigenvalue weighted by molar-refractivity contribution is -0.142. The molecule has 0 radical (unpaired) electrons. The molecule has 8 rings (SSSR count). The number of halogens is 6. The second-order valence-electron chi connectivity index (χ2n) is 13.1. The Bertz CT molecular complexity index is 3260. The molecule has 2 heterocycles. The van der Waals surface area contributed by atoms with Crippen LogP contribution in [0.5, 0.6) is 0 Å². The summed E-state index contributed by atoms with van der Waals surface area (Å²) < 4.78 is 88.7. The van der Waals surface area contributed by atoms with Gasteiger partial charge in [-0.3, -0.25) is 0 Å². The maximum Gasteiger partial charge on any atom is 0.417 e. The standard InChI is InChI=1S/C43H17F6N7.C3H3N/c44-42(45,46)28-5-10-29(35(16-28)43(47,48)49)34-17-41(56-38-13-25(20-52)3-8-32(38)33-9-4-26(21-53)14-39(33)56)40(15-27(34)22-54)55-36-11-23(18-50)1-6-30(36)31-7-2-24(19-51)12-37(31)55;1-2-3-4/h1-17H;2H,1H2. The molecular formula is C46H20F6N8. The van der Waals surface area contributed by atoms with Gasteiger partial charge < -0.3 is 9.13 Å². The van der Waals surface area contributed by atoms with Crippen molar-refractivity contribution in [2.24, 2.45) is 0 Å². The molecule has 0 aliphatic carbocycles. The molecule has 0 saturated carbocycles. The minimum atomic E-state index is -5.29. The fourth-order valence-corrected chi connectivity index (χ4v) is 7.27. The van der Waals surface area contributed by atoms with Crippen LogP contribution in [-0.2, 0) is 12.4 Å². The number of benzene rings is 6. The van der Waals surface area contributed by atoms with E-state index in [1.807, 2.05) is 6.07 Å². The highest BCUT2D eigenvalue weighted by Gasteiger charge is 2.39. The number of alkyl halides is 6. The van der Waals surface area contributed by atoms with Gasteiger partial charge in [0.15, 0.2) is 0 Å². The lowest BCUT2D eigenvalue weighted by atomic mass is 9.92. The van der Waals surface area contributed by atoms with E-state index in [1.54, 1.807) is 88.0 Å². The Morgan fingerprint density at radius 3 is 1.15 bits per heavy atom. The molecule has 0 aliphatic rings. The molecule has 0 saturated heterocycles. The largest absolute Gasteiger partial charge is 0.417 e. The number of nitrogens with zero attached hydrogens (tertiary/aromatic N) is 8. The van der Waals surface area contributed by atoms with Crippen molar-refractivity contribution < 1.29 is 26.3 Å². The Hall–Kier alpha value is -8.82. The van der Waals surface area contributed by atoms with E-state index < -0.39 is 29.0 Å². The molecule has 0 aliphatic heterocycles. The lowest BCUT2D eigenvalue weighted by Crippen LogP contribution is -2.13. The van der Waals surface area contributed by atoms with Gasteiger partial charge in [0, 0.05) is 33.2 Å². The van der Waals surface area contributed by atoms with Crippen molar-refractivity contribution in [2.45, 2.75) is 12.4 Å². The summed E-state index contributed by atoms with van der Waals surface area (Å²) >= 11 is 0. The number of hydrogen-bond acceptors (Lipinski definition) is 6. The molecule has 8 aromatic rings. The quantitative estimate of drug-likeness (QED) is 0.128. The third kappa shape index (κ3) is 6.63. The first-order valence-electron chi connectivity index (χ1n) is 17.4. The van der Waals surface area contributed by atoms with Gasteiger partial charge in [0.25, 0.3) is 0 Å². The Labute approximate surface area is 335 Å². The minimum absolute atomic E-state index is 0.00270. The van der Waals surface area contributed by atoms with Crippen molar-refractivity contribution in [1.29, 1.82) is 31.6 Å². The summed E-state index contributed by atoms with van der Waals surface area (Å²) in [5.41, 5.74) is -1.76. The smallest absolute Gasteiger partial charge is 0.307 e. The first-order chi connectivity index (χ1) is 28.7. The number of allylic oxidation sites excluding steroid dienone is 1. The van der Waals surface area contributed by atoms with Crippen LogP contribution in [0.1, 0.15) is 38.9 Å². The molecule has 8 nitrogen and oxygen atoms in total. The average molecular weight is 799 g/mol. The van der Waals surface area contributed by atoms with Crippen LogP contribution in [0.15, 0.2) is 116 Å². The normalized spacial score (nSPS) is 11.1. The molecule has 60 heavy (non-hydrogen) atoms. The van der Waals surface area contributed by atoms with Crippen LogP contribution >= 0.6 is 0 Å². The van der Waals surface area contributed by atoms with Crippen LogP contribution in [0.2, 0.25) is 0 Å². The van der Waals surface area contributed by atoms with Gasteiger partial charge in [0.05, 0.1) is 109 Å². The van der Waals surface area contributed by atoms with Gasteiger partial charge in [-0.15, -0.1) is 0 Å². The van der Waals surface area contributed by atoms with E-state index in [9.17, 15) is 52.7 Å². The molecule has 0 N–H and O–H groups in total. The van der Waals surface area contributed by atoms with Crippen molar-refractivity contribution in [3.63, 3.8) is 0 Å². The topological polar surface area (TPSA) is 153 Å². The summed E-state index contributed by atoms with van der Waals surface area (Å²) in [6.07, 6.45) is -9.21. The van der Waals surface area contributed by atoms with E-state index in [0.717, 1.165) is 0 Å². The Morgan fingerprint density at radius 1 is 0.450 bits per heavy atom. The number of nitriles is 6. The summed E-state index contributed by atoms with van der Waals surface area (Å²) in [5.74, 6) is 0. The van der Waals surface area contributed by atoms with Crippen molar-refractivity contribution in [1.82, 2.24) is 9.13 Å². The third-order valence-corrected chi connectivity index (χ3v) is 9.80. The predicted molar refractivity (Wildman–Crippen MR) is 210 cm³/mol. The average Bonchev–Trinajstić information content (AvgIpc) is 3.75. The van der Waals surface area contributed by atoms with Gasteiger partial charge >= 0.3 is 12.4 Å². The van der Waals surface area contributed by atoms with Gasteiger partial charge in [0.2, 0.25) is 0 Å². The maximum absolute atomic E-state index is 14.7. The Kier molecular flexibility index (Phi) is 9.80. The number of fused-ring (bicyclic) bond motifs is 6. The van der Waals surface area contributed by atoms with Gasteiger partial charge in [-0.1, -0.05) is 36.9 Å². The first-order valence-corrected chi connectivity index (χ1v) is 17.4. The Balaban J connectivity index is 0.00000130. The first kappa shape index (κ1) is 39.4. The summed E-state index contributed by atoms with van der Waals surface area (Å²) in [4.78, 5) is 0. The van der Waals surface area contributed by atoms with Gasteiger partial charge in [0.1, 0.15) is 0 Å². The van der Waals surface area contributed by atoms with E-state index in [4.69, 9.17) is 5.26 Å². The number of hydrogen-bond donors (Lipinski definition) is 0. The molecule has 0 atom stereocenters. The van der Waals surface area contributed by atoms with Crippen LogP contribution in [-0.4, -0.2) is 9.13 Å². The molecule has 6 aromatic carbocycles. The summed E-state index contributed by atoms with van der Waals surface area (Å²) in [7, 11) is 0. The SMILES string of the molecule is C=CC#N.N#Cc1ccc2c3ccc(C#N)cc3n(-c3cc(C#N)c(-c4ccc(C(F)(F)F)cc4C(F)(F)F)cc3-n3c4cc(C#N)ccc4c4ccc(C#N)cc43)c2c1. The summed E-state index contributed by atoms with van der Waals surface area (Å²) in [6.45, 7) is 3.12. The molecule has 0 unspecified atom stereocenters. The predicted octanol–water partition coefficient (Wildman–Crippen LogP) is 11.6. The summed E-state index contributed by atoms with van der Waals surface area (Å²) in [6, 6.07) is 35.1. The van der Waals surface area contributed by atoms with E-state index in [2.05, 4.69) is 30.9 Å². The van der Waals surface area contributed by atoms with Crippen LogP contribution in [0.4, 0.5) is 26.3 Å². The molecule has 0 fully saturated rings. The summed E-state index contributed by atoms with van der Waals surface area (Å²) in [5, 5.41) is 60.2. The molecular weight excluding hydrogens is 779 g/mol. The zero-order valence-corrected chi connectivity index (χ0v) is 30.4. The van der Waals surface area contributed by atoms with Crippen molar-refractivity contribution in [3.8, 4) is 58.9 Å². The zero-order valence-electron chi connectivity index (χ0n) is 30.4. The van der Waals surface area contributed by atoms with Crippen molar-refractivity contribution >= 4 is 43.6 Å². The second-order valence-corrected chi connectivity index (χ2v) is 13.1. The van der Waals surface area contributed by atoms with Crippen LogP contribution in [0.25, 0.3) is 66.1 Å². The van der Waals surface area contributed by atoms with E-state index >= 15 is 0 Å². The molecule has 286 valence electrons. The van der Waals surface area contributed by atoms with Crippen LogP contribution < -0.4 is 0 Å². The molecule has 0 spiro atoms. The molecule has 0 amide bonds. The van der Waals surface area contributed by atoms with Crippen LogP contribution in [0.3, 0.4) is 0 Å².